The predicted octanol–water partition coefficient (Wildman–Crippen LogP) is 15.5. The fourth-order valence-corrected chi connectivity index (χ4v) is 8.93. The molecule has 0 bridgehead atoms. The molecule has 0 saturated carbocycles. The summed E-state index contributed by atoms with van der Waals surface area (Å²) >= 11 is 0. The molecule has 0 aliphatic rings. The maximum atomic E-state index is 12.8. The zero-order chi connectivity index (χ0) is 44.8. The minimum atomic E-state index is -0.111. The molecule has 0 unspecified atom stereocenters. The fraction of sp³-hybridized carbons (Fsp3) is 0.0484. The molecule has 0 aliphatic heterocycles. The van der Waals surface area contributed by atoms with Crippen LogP contribution in [0.1, 0.15) is 18.9 Å². The molecular formula is C62H44IrN2O2-2. The Labute approximate surface area is 405 Å². The molecule has 10 rings (SSSR count). The van der Waals surface area contributed by atoms with Crippen molar-refractivity contribution in [2.75, 3.05) is 0 Å². The first kappa shape index (κ1) is 44.4. The summed E-state index contributed by atoms with van der Waals surface area (Å²) in [5.74, 6) is -0.0979. The van der Waals surface area contributed by atoms with Crippen molar-refractivity contribution in [1.29, 1.82) is 0 Å². The molecule has 0 saturated heterocycles. The molecule has 10 aromatic rings. The van der Waals surface area contributed by atoms with Gasteiger partial charge in [-0.2, -0.15) is 0 Å². The van der Waals surface area contributed by atoms with E-state index in [0.29, 0.717) is 6.42 Å². The van der Waals surface area contributed by atoms with E-state index in [-0.39, 0.29) is 38.1 Å². The number of fused-ring (bicyclic) bond motifs is 1. The zero-order valence-electron chi connectivity index (χ0n) is 36.8. The molecule has 1 radical (unpaired) electrons. The molecule has 325 valence electrons. The maximum Gasteiger partial charge on any atom is 0.159 e. The van der Waals surface area contributed by atoms with Crippen LogP contribution in [0.15, 0.2) is 224 Å². The topological polar surface area (TPSA) is 63.1 Å². The number of rotatable bonds is 12. The Morgan fingerprint density at radius 3 is 1.87 bits per heavy atom. The zero-order valence-corrected chi connectivity index (χ0v) is 39.2. The van der Waals surface area contributed by atoms with Crippen molar-refractivity contribution in [2.45, 2.75) is 19.8 Å². The summed E-state index contributed by atoms with van der Waals surface area (Å²) in [7, 11) is 0. The van der Waals surface area contributed by atoms with Gasteiger partial charge in [0.2, 0.25) is 0 Å². The number of carbonyl (C=O) groups excluding carboxylic acids is 1. The van der Waals surface area contributed by atoms with E-state index in [4.69, 9.17) is 9.97 Å². The Bertz CT molecular complexity index is 3390. The van der Waals surface area contributed by atoms with Crippen LogP contribution in [0.5, 0.6) is 0 Å². The smallest absolute Gasteiger partial charge is 0.159 e. The number of ketones is 1. The minimum Gasteiger partial charge on any atom is -0.512 e. The summed E-state index contributed by atoms with van der Waals surface area (Å²) < 4.78 is 0. The average molecular weight is 1040 g/mol. The first-order valence-electron chi connectivity index (χ1n) is 22.2. The molecule has 67 heavy (non-hydrogen) atoms. The minimum absolute atomic E-state index is 0. The van der Waals surface area contributed by atoms with Crippen molar-refractivity contribution in [2.24, 2.45) is 0 Å². The van der Waals surface area contributed by atoms with Crippen LogP contribution >= 0.6 is 0 Å². The van der Waals surface area contributed by atoms with Crippen molar-refractivity contribution < 1.29 is 30.0 Å². The van der Waals surface area contributed by atoms with Crippen molar-refractivity contribution in [1.82, 2.24) is 9.97 Å². The molecule has 0 fully saturated rings. The third kappa shape index (κ3) is 9.62. The first-order valence-corrected chi connectivity index (χ1v) is 22.2. The Kier molecular flexibility index (Phi) is 13.3. The molecule has 5 heteroatoms. The number of aliphatic hydroxyl groups excluding tert-OH is 1. The van der Waals surface area contributed by atoms with Crippen molar-refractivity contribution >= 4 is 16.6 Å². The molecule has 8 aromatic carbocycles. The summed E-state index contributed by atoms with van der Waals surface area (Å²) in [6.07, 6.45) is 5.97. The van der Waals surface area contributed by atoms with Crippen LogP contribution in [0.3, 0.4) is 0 Å². The standard InChI is InChI=1S/C62H44N2O2.Ir/c1-42(65)36-52(66)33-32-44-18-8-10-22-53(44)49-37-50(55-24-13-12-23-54(55)46-28-30-48(31-29-46)62-57-26-11-9-19-45(57)34-35-63-62)39-51(38-49)56-25-14-15-27-58(56)60-41-64-61(47-20-6-3-7-21-47)40-59(60)43-16-4-2-5-17-43;/h2-20,22-30,34-41,65H,32-33H2,1H3;/q-2;/b42-36-;. The molecule has 1 N–H and O–H groups in total. The van der Waals surface area contributed by atoms with Crippen LogP contribution in [-0.4, -0.2) is 20.9 Å². The number of nitrogens with zero attached hydrogens (tertiary/aromatic N) is 2. The van der Waals surface area contributed by atoms with Crippen LogP contribution in [0.4, 0.5) is 0 Å². The van der Waals surface area contributed by atoms with Gasteiger partial charge < -0.3 is 15.1 Å². The predicted molar refractivity (Wildman–Crippen MR) is 270 cm³/mol. The third-order valence-corrected chi connectivity index (χ3v) is 12.1. The molecule has 2 aromatic heterocycles. The first-order chi connectivity index (χ1) is 32.5. The molecular weight excluding hydrogens is 997 g/mol. The number of hydrogen-bond acceptors (Lipinski definition) is 4. The molecule has 4 nitrogen and oxygen atoms in total. The second kappa shape index (κ2) is 20.1. The summed E-state index contributed by atoms with van der Waals surface area (Å²) in [6, 6.07) is 76.5. The van der Waals surface area contributed by atoms with Crippen molar-refractivity contribution in [3.05, 3.63) is 242 Å². The van der Waals surface area contributed by atoms with E-state index in [9.17, 15) is 9.90 Å². The Hall–Kier alpha value is -7.82. The van der Waals surface area contributed by atoms with Gasteiger partial charge in [0.15, 0.2) is 5.78 Å². The number of pyridine rings is 2. The molecule has 0 aliphatic carbocycles. The maximum absolute atomic E-state index is 12.8. The summed E-state index contributed by atoms with van der Waals surface area (Å²) in [5.41, 5.74) is 17.4. The number of aryl methyl sites for hydroxylation is 1. The van der Waals surface area contributed by atoms with E-state index in [1.807, 2.05) is 67.0 Å². The van der Waals surface area contributed by atoms with E-state index < -0.39 is 0 Å². The van der Waals surface area contributed by atoms with Gasteiger partial charge in [0.25, 0.3) is 0 Å². The quantitative estimate of drug-likeness (QED) is 0.0752. The Morgan fingerprint density at radius 2 is 1.16 bits per heavy atom. The van der Waals surface area contributed by atoms with Crippen molar-refractivity contribution in [3.8, 4) is 89.3 Å². The molecule has 0 spiro atoms. The van der Waals surface area contributed by atoms with Crippen LogP contribution in [0.2, 0.25) is 0 Å². The number of hydrogen-bond donors (Lipinski definition) is 1. The number of benzene rings is 8. The monoisotopic (exact) mass is 1040 g/mol. The number of aliphatic hydroxyl groups is 1. The van der Waals surface area contributed by atoms with Gasteiger partial charge in [-0.15, -0.1) is 65.7 Å². The Balaban J connectivity index is 0.00000562. The van der Waals surface area contributed by atoms with E-state index >= 15 is 0 Å². The van der Waals surface area contributed by atoms with E-state index in [1.54, 1.807) is 0 Å². The van der Waals surface area contributed by atoms with Gasteiger partial charge in [0.1, 0.15) is 0 Å². The number of allylic oxidation sites excluding steroid dienone is 2. The van der Waals surface area contributed by atoms with Gasteiger partial charge in [0, 0.05) is 50.6 Å². The van der Waals surface area contributed by atoms with Gasteiger partial charge in [0.05, 0.1) is 5.76 Å². The van der Waals surface area contributed by atoms with E-state index in [0.717, 1.165) is 106 Å². The molecule has 2 heterocycles. The molecule has 0 amide bonds. The van der Waals surface area contributed by atoms with E-state index in [1.165, 1.54) is 13.0 Å². The normalized spacial score (nSPS) is 11.3. The van der Waals surface area contributed by atoms with E-state index in [2.05, 4.69) is 158 Å². The largest absolute Gasteiger partial charge is 0.512 e. The van der Waals surface area contributed by atoms with Crippen molar-refractivity contribution in [3.63, 3.8) is 0 Å². The van der Waals surface area contributed by atoms with Crippen LogP contribution in [-0.2, 0) is 31.3 Å². The second-order valence-electron chi connectivity index (χ2n) is 16.4. The van der Waals surface area contributed by atoms with Crippen LogP contribution < -0.4 is 0 Å². The van der Waals surface area contributed by atoms with Gasteiger partial charge in [-0.25, -0.2) is 0 Å². The van der Waals surface area contributed by atoms with Crippen LogP contribution in [0.25, 0.3) is 100 Å². The van der Waals surface area contributed by atoms with Gasteiger partial charge in [-0.1, -0.05) is 145 Å². The average Bonchev–Trinajstić information content (AvgIpc) is 3.38. The fourth-order valence-electron chi connectivity index (χ4n) is 8.93. The van der Waals surface area contributed by atoms with Gasteiger partial charge in [-0.3, -0.25) is 4.79 Å². The summed E-state index contributed by atoms with van der Waals surface area (Å²) in [4.78, 5) is 22.6. The number of aromatic nitrogens is 2. The van der Waals surface area contributed by atoms with Gasteiger partial charge >= 0.3 is 0 Å². The third-order valence-electron chi connectivity index (χ3n) is 12.1. The summed E-state index contributed by atoms with van der Waals surface area (Å²) in [5, 5.41) is 12.1. The SMILES string of the molecule is C/C(O)=C/C(=O)CCc1ccccc1-c1cc(-c2ccccc2-c2c[c-]c(-c3nccc4ccccc34)cc2)cc(-c2ccccc2-c2cnc(-c3[c-]cccc3)cc2-c2ccccc2)c1.[Ir]. The number of carbonyl (C=O) groups is 1. The Morgan fingerprint density at radius 1 is 0.537 bits per heavy atom. The van der Waals surface area contributed by atoms with Gasteiger partial charge in [-0.05, 0) is 115 Å². The second-order valence-corrected chi connectivity index (χ2v) is 16.4. The molecule has 0 atom stereocenters. The summed E-state index contributed by atoms with van der Waals surface area (Å²) in [6.45, 7) is 1.53. The van der Waals surface area contributed by atoms with Crippen LogP contribution in [0, 0.1) is 12.1 Å².